The number of aromatic nitrogens is 1. The van der Waals surface area contributed by atoms with E-state index in [-0.39, 0.29) is 5.82 Å². The molecule has 1 aromatic heterocycles. The van der Waals surface area contributed by atoms with Crippen LogP contribution in [0.1, 0.15) is 25.8 Å². The van der Waals surface area contributed by atoms with Gasteiger partial charge in [-0.2, -0.15) is 0 Å². The fourth-order valence-corrected chi connectivity index (χ4v) is 2.04. The van der Waals surface area contributed by atoms with E-state index in [9.17, 15) is 4.39 Å². The van der Waals surface area contributed by atoms with Gasteiger partial charge in [-0.15, -0.1) is 0 Å². The lowest BCUT2D eigenvalue weighted by Gasteiger charge is -2.09. The molecular formula is C17H21FN2O. The first kappa shape index (κ1) is 15.4. The summed E-state index contributed by atoms with van der Waals surface area (Å²) in [5, 5.41) is 3.24. The molecule has 0 unspecified atom stereocenters. The van der Waals surface area contributed by atoms with E-state index in [0.717, 1.165) is 30.6 Å². The van der Waals surface area contributed by atoms with E-state index in [1.165, 1.54) is 6.07 Å². The SMILES string of the molecule is CCCOc1cncc(-c2cc(CNCC)ccc2F)c1. The molecule has 0 aliphatic rings. The molecular weight excluding hydrogens is 267 g/mol. The molecule has 2 rings (SSSR count). The van der Waals surface area contributed by atoms with Gasteiger partial charge in [-0.1, -0.05) is 19.9 Å². The molecule has 0 spiro atoms. The monoisotopic (exact) mass is 288 g/mol. The molecule has 0 atom stereocenters. The molecule has 1 heterocycles. The number of nitrogens with zero attached hydrogens (tertiary/aromatic N) is 1. The van der Waals surface area contributed by atoms with Gasteiger partial charge in [-0.3, -0.25) is 4.98 Å². The van der Waals surface area contributed by atoms with Gasteiger partial charge < -0.3 is 10.1 Å². The normalized spacial score (nSPS) is 10.6. The molecule has 0 amide bonds. The van der Waals surface area contributed by atoms with Gasteiger partial charge in [0, 0.05) is 23.9 Å². The second-order valence-electron chi connectivity index (χ2n) is 4.85. The maximum Gasteiger partial charge on any atom is 0.138 e. The quantitative estimate of drug-likeness (QED) is 0.841. The number of ether oxygens (including phenoxy) is 1. The molecule has 0 saturated carbocycles. The summed E-state index contributed by atoms with van der Waals surface area (Å²) in [6, 6.07) is 6.99. The van der Waals surface area contributed by atoms with E-state index in [2.05, 4.69) is 10.3 Å². The van der Waals surface area contributed by atoms with Crippen molar-refractivity contribution in [2.24, 2.45) is 0 Å². The highest BCUT2D eigenvalue weighted by Crippen LogP contribution is 2.26. The molecule has 4 heteroatoms. The second-order valence-corrected chi connectivity index (χ2v) is 4.85. The van der Waals surface area contributed by atoms with Crippen molar-refractivity contribution in [3.8, 4) is 16.9 Å². The van der Waals surface area contributed by atoms with Crippen molar-refractivity contribution >= 4 is 0 Å². The molecule has 0 bridgehead atoms. The molecule has 0 fully saturated rings. The average molecular weight is 288 g/mol. The zero-order valence-electron chi connectivity index (χ0n) is 12.5. The summed E-state index contributed by atoms with van der Waals surface area (Å²) in [7, 11) is 0. The Hall–Kier alpha value is -1.94. The van der Waals surface area contributed by atoms with Crippen LogP contribution in [-0.2, 0) is 6.54 Å². The summed E-state index contributed by atoms with van der Waals surface area (Å²) in [5.74, 6) is 0.426. The van der Waals surface area contributed by atoms with Crippen LogP contribution in [0.2, 0.25) is 0 Å². The topological polar surface area (TPSA) is 34.1 Å². The predicted molar refractivity (Wildman–Crippen MR) is 82.8 cm³/mol. The van der Waals surface area contributed by atoms with E-state index in [1.807, 2.05) is 26.0 Å². The van der Waals surface area contributed by atoms with E-state index >= 15 is 0 Å². The highest BCUT2D eigenvalue weighted by Gasteiger charge is 2.08. The number of nitrogens with one attached hydrogen (secondary N) is 1. The molecule has 0 aliphatic carbocycles. The molecule has 0 saturated heterocycles. The van der Waals surface area contributed by atoms with Gasteiger partial charge in [0.15, 0.2) is 0 Å². The minimum Gasteiger partial charge on any atom is -0.492 e. The van der Waals surface area contributed by atoms with Crippen LogP contribution in [0.4, 0.5) is 4.39 Å². The van der Waals surface area contributed by atoms with Crippen LogP contribution in [-0.4, -0.2) is 18.1 Å². The predicted octanol–water partition coefficient (Wildman–Crippen LogP) is 3.79. The fourth-order valence-electron chi connectivity index (χ4n) is 2.04. The van der Waals surface area contributed by atoms with E-state index in [1.54, 1.807) is 18.5 Å². The summed E-state index contributed by atoms with van der Waals surface area (Å²) >= 11 is 0. The Morgan fingerprint density at radius 2 is 2.05 bits per heavy atom. The lowest BCUT2D eigenvalue weighted by molar-refractivity contribution is 0.316. The number of rotatable bonds is 7. The number of benzene rings is 1. The Balaban J connectivity index is 2.27. The molecule has 1 N–H and O–H groups in total. The number of hydrogen-bond donors (Lipinski definition) is 1. The summed E-state index contributed by atoms with van der Waals surface area (Å²) < 4.78 is 19.6. The minimum atomic E-state index is -0.246. The molecule has 21 heavy (non-hydrogen) atoms. The van der Waals surface area contributed by atoms with Crippen LogP contribution >= 0.6 is 0 Å². The van der Waals surface area contributed by atoms with Gasteiger partial charge in [0.1, 0.15) is 11.6 Å². The summed E-state index contributed by atoms with van der Waals surface area (Å²) in [5.41, 5.74) is 2.34. The van der Waals surface area contributed by atoms with Crippen LogP contribution in [0.5, 0.6) is 5.75 Å². The van der Waals surface area contributed by atoms with Gasteiger partial charge in [-0.25, -0.2) is 4.39 Å². The number of hydrogen-bond acceptors (Lipinski definition) is 3. The van der Waals surface area contributed by atoms with Crippen molar-refractivity contribution < 1.29 is 9.13 Å². The fraction of sp³-hybridized carbons (Fsp3) is 0.353. The lowest BCUT2D eigenvalue weighted by Crippen LogP contribution is -2.11. The lowest BCUT2D eigenvalue weighted by atomic mass is 10.0. The van der Waals surface area contributed by atoms with Gasteiger partial charge in [0.2, 0.25) is 0 Å². The van der Waals surface area contributed by atoms with Crippen LogP contribution in [0.15, 0.2) is 36.7 Å². The maximum atomic E-state index is 14.1. The standard InChI is InChI=1S/C17H21FN2O/c1-3-7-21-15-9-14(11-20-12-15)16-8-13(10-19-4-2)5-6-17(16)18/h5-6,8-9,11-12,19H,3-4,7,10H2,1-2H3. The third kappa shape index (κ3) is 4.26. The Bertz CT molecular complexity index is 587. The maximum absolute atomic E-state index is 14.1. The molecule has 2 aromatic rings. The Morgan fingerprint density at radius 3 is 2.81 bits per heavy atom. The number of halogens is 1. The molecule has 112 valence electrons. The first-order chi connectivity index (χ1) is 10.2. The van der Waals surface area contributed by atoms with Crippen LogP contribution in [0.25, 0.3) is 11.1 Å². The van der Waals surface area contributed by atoms with Gasteiger partial charge in [0.05, 0.1) is 12.8 Å². The van der Waals surface area contributed by atoms with Gasteiger partial charge in [0.25, 0.3) is 0 Å². The Morgan fingerprint density at radius 1 is 1.19 bits per heavy atom. The molecule has 1 aromatic carbocycles. The van der Waals surface area contributed by atoms with Crippen molar-refractivity contribution in [3.05, 3.63) is 48.0 Å². The molecule has 0 radical (unpaired) electrons. The second kappa shape index (κ2) is 7.74. The van der Waals surface area contributed by atoms with Crippen molar-refractivity contribution in [1.29, 1.82) is 0 Å². The Kier molecular flexibility index (Phi) is 5.69. The van der Waals surface area contributed by atoms with Crippen molar-refractivity contribution in [3.63, 3.8) is 0 Å². The summed E-state index contributed by atoms with van der Waals surface area (Å²) in [6.07, 6.45) is 4.24. The van der Waals surface area contributed by atoms with Crippen LogP contribution in [0.3, 0.4) is 0 Å². The third-order valence-corrected chi connectivity index (χ3v) is 3.11. The summed E-state index contributed by atoms with van der Waals surface area (Å²) in [6.45, 7) is 6.33. The highest BCUT2D eigenvalue weighted by molar-refractivity contribution is 5.65. The van der Waals surface area contributed by atoms with E-state index in [0.29, 0.717) is 17.9 Å². The van der Waals surface area contributed by atoms with Crippen molar-refractivity contribution in [2.45, 2.75) is 26.8 Å². The largest absolute Gasteiger partial charge is 0.492 e. The molecule has 3 nitrogen and oxygen atoms in total. The van der Waals surface area contributed by atoms with E-state index < -0.39 is 0 Å². The van der Waals surface area contributed by atoms with Crippen molar-refractivity contribution in [1.82, 2.24) is 10.3 Å². The third-order valence-electron chi connectivity index (χ3n) is 3.11. The first-order valence-electron chi connectivity index (χ1n) is 7.32. The highest BCUT2D eigenvalue weighted by atomic mass is 19.1. The zero-order valence-corrected chi connectivity index (χ0v) is 12.5. The summed E-state index contributed by atoms with van der Waals surface area (Å²) in [4.78, 5) is 4.14. The molecule has 0 aliphatic heterocycles. The smallest absolute Gasteiger partial charge is 0.138 e. The van der Waals surface area contributed by atoms with E-state index in [4.69, 9.17) is 4.74 Å². The average Bonchev–Trinajstić information content (AvgIpc) is 2.52. The van der Waals surface area contributed by atoms with Gasteiger partial charge >= 0.3 is 0 Å². The van der Waals surface area contributed by atoms with Crippen LogP contribution < -0.4 is 10.1 Å². The minimum absolute atomic E-state index is 0.246. The number of pyridine rings is 1. The van der Waals surface area contributed by atoms with Crippen LogP contribution in [0, 0.1) is 5.82 Å². The first-order valence-corrected chi connectivity index (χ1v) is 7.32. The van der Waals surface area contributed by atoms with Gasteiger partial charge in [-0.05, 0) is 36.7 Å². The van der Waals surface area contributed by atoms with Crippen molar-refractivity contribution in [2.75, 3.05) is 13.2 Å². The zero-order chi connectivity index (χ0) is 15.1. The Labute approximate surface area is 125 Å².